The Hall–Kier alpha value is -1.03. The minimum atomic E-state index is -3.52. The van der Waals surface area contributed by atoms with Crippen LogP contribution in [0.5, 0.6) is 5.75 Å². The maximum Gasteiger partial charge on any atom is 0.306 e. The molecule has 0 aromatic heterocycles. The van der Waals surface area contributed by atoms with Crippen molar-refractivity contribution in [1.82, 2.24) is 0 Å². The highest BCUT2D eigenvalue weighted by Crippen LogP contribution is 2.35. The molecule has 0 saturated carbocycles. The normalized spacial score (nSPS) is 13.4. The third-order valence-corrected chi connectivity index (χ3v) is 3.38. The zero-order valence-electron chi connectivity index (χ0n) is 12.9. The second-order valence-corrected chi connectivity index (χ2v) is 8.57. The maximum absolute atomic E-state index is 11.4. The summed E-state index contributed by atoms with van der Waals surface area (Å²) in [6, 6.07) is 5.83. The van der Waals surface area contributed by atoms with E-state index in [9.17, 15) is 8.42 Å². The maximum atomic E-state index is 11.4. The first-order valence-electron chi connectivity index (χ1n) is 6.35. The van der Waals surface area contributed by atoms with Crippen molar-refractivity contribution >= 4 is 10.1 Å². The lowest BCUT2D eigenvalue weighted by Crippen LogP contribution is -2.18. The van der Waals surface area contributed by atoms with Crippen LogP contribution in [0, 0.1) is 0 Å². The SMILES string of the molecule is CC(C)(C)c1ccc(C(C)(C)C)c(OS(C)(=O)=O)c1. The van der Waals surface area contributed by atoms with Crippen molar-refractivity contribution in [2.45, 2.75) is 52.4 Å². The molecule has 0 N–H and O–H groups in total. The first-order chi connectivity index (χ1) is 8.31. The summed E-state index contributed by atoms with van der Waals surface area (Å²) in [6.07, 6.45) is 1.07. The monoisotopic (exact) mass is 284 g/mol. The molecule has 0 spiro atoms. The van der Waals surface area contributed by atoms with Crippen molar-refractivity contribution in [3.8, 4) is 5.75 Å². The summed E-state index contributed by atoms with van der Waals surface area (Å²) in [5.74, 6) is 0.433. The summed E-state index contributed by atoms with van der Waals surface area (Å²) in [5.41, 5.74) is 1.73. The number of hydrogen-bond acceptors (Lipinski definition) is 3. The highest BCUT2D eigenvalue weighted by molar-refractivity contribution is 7.86. The van der Waals surface area contributed by atoms with E-state index >= 15 is 0 Å². The van der Waals surface area contributed by atoms with Gasteiger partial charge in [0, 0.05) is 5.56 Å². The molecule has 0 aliphatic heterocycles. The molecule has 3 nitrogen and oxygen atoms in total. The van der Waals surface area contributed by atoms with Gasteiger partial charge in [0.1, 0.15) is 5.75 Å². The molecule has 1 aromatic rings. The molecule has 0 fully saturated rings. The van der Waals surface area contributed by atoms with Gasteiger partial charge in [-0.15, -0.1) is 0 Å². The number of rotatable bonds is 2. The van der Waals surface area contributed by atoms with E-state index in [4.69, 9.17) is 4.18 Å². The molecule has 0 radical (unpaired) electrons. The van der Waals surface area contributed by atoms with Crippen LogP contribution in [0.2, 0.25) is 0 Å². The predicted molar refractivity (Wildman–Crippen MR) is 79.3 cm³/mol. The van der Waals surface area contributed by atoms with Gasteiger partial charge in [0.25, 0.3) is 0 Å². The Labute approximate surface area is 117 Å². The summed E-state index contributed by atoms with van der Waals surface area (Å²) >= 11 is 0. The van der Waals surface area contributed by atoms with E-state index in [2.05, 4.69) is 20.8 Å². The third-order valence-electron chi connectivity index (χ3n) is 2.90. The fourth-order valence-corrected chi connectivity index (χ4v) is 2.30. The molecular weight excluding hydrogens is 260 g/mol. The van der Waals surface area contributed by atoms with Crippen LogP contribution in [-0.2, 0) is 20.9 Å². The minimum absolute atomic E-state index is 0.0496. The molecule has 0 bridgehead atoms. The molecule has 19 heavy (non-hydrogen) atoms. The average Bonchev–Trinajstić information content (AvgIpc) is 2.11. The van der Waals surface area contributed by atoms with Gasteiger partial charge < -0.3 is 4.18 Å². The fraction of sp³-hybridized carbons (Fsp3) is 0.600. The Morgan fingerprint density at radius 1 is 0.947 bits per heavy atom. The lowest BCUT2D eigenvalue weighted by Gasteiger charge is -2.26. The van der Waals surface area contributed by atoms with Crippen LogP contribution in [-0.4, -0.2) is 14.7 Å². The lowest BCUT2D eigenvalue weighted by atomic mass is 9.81. The van der Waals surface area contributed by atoms with Gasteiger partial charge in [0.2, 0.25) is 0 Å². The third kappa shape index (κ3) is 4.53. The molecule has 0 aliphatic carbocycles. The number of hydrogen-bond donors (Lipinski definition) is 0. The van der Waals surface area contributed by atoms with E-state index in [0.717, 1.165) is 17.4 Å². The van der Waals surface area contributed by atoms with Crippen molar-refractivity contribution in [3.05, 3.63) is 29.3 Å². The van der Waals surface area contributed by atoms with Gasteiger partial charge in [0.15, 0.2) is 0 Å². The predicted octanol–water partition coefficient (Wildman–Crippen LogP) is 3.62. The van der Waals surface area contributed by atoms with Gasteiger partial charge >= 0.3 is 10.1 Å². The summed E-state index contributed by atoms with van der Waals surface area (Å²) < 4.78 is 28.0. The molecule has 0 amide bonds. The Morgan fingerprint density at radius 2 is 1.47 bits per heavy atom. The molecule has 4 heteroatoms. The molecule has 1 rings (SSSR count). The Morgan fingerprint density at radius 3 is 1.84 bits per heavy atom. The van der Waals surface area contributed by atoms with Crippen molar-refractivity contribution < 1.29 is 12.6 Å². The molecule has 0 heterocycles. The van der Waals surface area contributed by atoms with Crippen LogP contribution in [0.25, 0.3) is 0 Å². The van der Waals surface area contributed by atoms with Gasteiger partial charge in [0.05, 0.1) is 6.26 Å². The largest absolute Gasteiger partial charge is 0.382 e. The second kappa shape index (κ2) is 4.82. The Kier molecular flexibility index (Phi) is 4.06. The van der Waals surface area contributed by atoms with Crippen LogP contribution < -0.4 is 4.18 Å². The van der Waals surface area contributed by atoms with Crippen molar-refractivity contribution in [2.75, 3.05) is 6.26 Å². The number of benzene rings is 1. The minimum Gasteiger partial charge on any atom is -0.382 e. The fourth-order valence-electron chi connectivity index (χ4n) is 1.84. The summed E-state index contributed by atoms with van der Waals surface area (Å²) in [7, 11) is -3.52. The highest BCUT2D eigenvalue weighted by atomic mass is 32.2. The van der Waals surface area contributed by atoms with E-state index in [1.807, 2.05) is 39.0 Å². The smallest absolute Gasteiger partial charge is 0.306 e. The van der Waals surface area contributed by atoms with Crippen LogP contribution in [0.1, 0.15) is 52.7 Å². The van der Waals surface area contributed by atoms with Crippen molar-refractivity contribution in [1.29, 1.82) is 0 Å². The summed E-state index contributed by atoms with van der Waals surface area (Å²) in [5, 5.41) is 0. The van der Waals surface area contributed by atoms with E-state index < -0.39 is 10.1 Å². The molecule has 0 saturated heterocycles. The topological polar surface area (TPSA) is 43.4 Å². The summed E-state index contributed by atoms with van der Waals surface area (Å²) in [6.45, 7) is 12.4. The first-order valence-corrected chi connectivity index (χ1v) is 8.17. The van der Waals surface area contributed by atoms with Crippen LogP contribution in [0.4, 0.5) is 0 Å². The summed E-state index contributed by atoms with van der Waals surface area (Å²) in [4.78, 5) is 0. The van der Waals surface area contributed by atoms with Crippen LogP contribution >= 0.6 is 0 Å². The molecule has 0 atom stereocenters. The van der Waals surface area contributed by atoms with E-state index in [0.29, 0.717) is 5.75 Å². The zero-order chi connectivity index (χ0) is 15.1. The van der Waals surface area contributed by atoms with Crippen LogP contribution in [0.3, 0.4) is 0 Å². The van der Waals surface area contributed by atoms with Crippen molar-refractivity contribution in [2.24, 2.45) is 0 Å². The second-order valence-electron chi connectivity index (χ2n) is 7.00. The van der Waals surface area contributed by atoms with Gasteiger partial charge in [-0.05, 0) is 22.5 Å². The van der Waals surface area contributed by atoms with Gasteiger partial charge in [-0.1, -0.05) is 53.7 Å². The standard InChI is InChI=1S/C15H24O3S/c1-14(2,3)11-8-9-12(15(4,5)6)13(10-11)18-19(7,16)17/h8-10H,1-7H3. The van der Waals surface area contributed by atoms with Crippen LogP contribution in [0.15, 0.2) is 18.2 Å². The lowest BCUT2D eigenvalue weighted by molar-refractivity contribution is 0.473. The quantitative estimate of drug-likeness (QED) is 0.779. The first kappa shape index (κ1) is 16.0. The molecule has 0 aliphatic rings. The Bertz CT molecular complexity index is 558. The van der Waals surface area contributed by atoms with Crippen molar-refractivity contribution in [3.63, 3.8) is 0 Å². The van der Waals surface area contributed by atoms with Gasteiger partial charge in [-0.3, -0.25) is 0 Å². The Balaban J connectivity index is 3.44. The van der Waals surface area contributed by atoms with Gasteiger partial charge in [-0.25, -0.2) is 0 Å². The highest BCUT2D eigenvalue weighted by Gasteiger charge is 2.24. The van der Waals surface area contributed by atoms with E-state index in [1.54, 1.807) is 0 Å². The molecule has 108 valence electrons. The van der Waals surface area contributed by atoms with Gasteiger partial charge in [-0.2, -0.15) is 8.42 Å². The zero-order valence-corrected chi connectivity index (χ0v) is 13.7. The van der Waals surface area contributed by atoms with E-state index in [-0.39, 0.29) is 10.8 Å². The molecule has 1 aromatic carbocycles. The molecular formula is C15H24O3S. The average molecular weight is 284 g/mol. The molecule has 0 unspecified atom stereocenters. The van der Waals surface area contributed by atoms with E-state index in [1.165, 1.54) is 0 Å².